The Morgan fingerprint density at radius 3 is 2.12 bits per heavy atom. The molecule has 1 unspecified atom stereocenters. The van der Waals surface area contributed by atoms with Gasteiger partial charge < -0.3 is 4.43 Å². The summed E-state index contributed by atoms with van der Waals surface area (Å²) in [4.78, 5) is 0. The van der Waals surface area contributed by atoms with Crippen molar-refractivity contribution in [3.63, 3.8) is 0 Å². The smallest absolute Gasteiger partial charge is 0.174 e. The molecule has 17 heavy (non-hydrogen) atoms. The summed E-state index contributed by atoms with van der Waals surface area (Å²) in [6.45, 7) is 19.5. The van der Waals surface area contributed by atoms with Gasteiger partial charge in [-0.3, -0.25) is 0 Å². The lowest BCUT2D eigenvalue weighted by molar-refractivity contribution is -0.0446. The van der Waals surface area contributed by atoms with E-state index in [-0.39, 0.29) is 5.60 Å². The minimum atomic E-state index is -1.45. The zero-order valence-corrected chi connectivity index (χ0v) is 15.2. The molecule has 1 heterocycles. The van der Waals surface area contributed by atoms with E-state index < -0.39 is 15.4 Å². The second-order valence-electron chi connectivity index (χ2n) is 7.86. The van der Waals surface area contributed by atoms with E-state index >= 15 is 0 Å². The maximum absolute atomic E-state index is 6.79. The fourth-order valence-electron chi connectivity index (χ4n) is 2.97. The van der Waals surface area contributed by atoms with Crippen LogP contribution in [-0.4, -0.2) is 21.0 Å². The molecule has 1 fully saturated rings. The normalized spacial score (nSPS) is 32.5. The van der Waals surface area contributed by atoms with Crippen LogP contribution in [0.5, 0.6) is 0 Å². The van der Waals surface area contributed by atoms with E-state index in [1.807, 2.05) is 0 Å². The van der Waals surface area contributed by atoms with Gasteiger partial charge >= 0.3 is 0 Å². The van der Waals surface area contributed by atoms with Crippen molar-refractivity contribution in [3.8, 4) is 0 Å². The van der Waals surface area contributed by atoms with Crippen molar-refractivity contribution in [2.45, 2.75) is 84.8 Å². The van der Waals surface area contributed by atoms with Crippen LogP contribution in [0.25, 0.3) is 0 Å². The quantitative estimate of drug-likeness (QED) is 0.658. The SMILES string of the molecule is CCCC(C)(C)C1(C)CC[Si](C)(C)[Si](C)(C)O1. The van der Waals surface area contributed by atoms with Gasteiger partial charge in [0.25, 0.3) is 0 Å². The molecule has 1 aliphatic rings. The van der Waals surface area contributed by atoms with Gasteiger partial charge in [0.1, 0.15) is 0 Å². The van der Waals surface area contributed by atoms with E-state index in [1.54, 1.807) is 0 Å². The maximum Gasteiger partial charge on any atom is 0.174 e. The van der Waals surface area contributed by atoms with Crippen molar-refractivity contribution in [1.82, 2.24) is 0 Å². The van der Waals surface area contributed by atoms with Crippen molar-refractivity contribution in [1.29, 1.82) is 0 Å². The van der Waals surface area contributed by atoms with Crippen molar-refractivity contribution in [2.24, 2.45) is 5.41 Å². The first-order valence-electron chi connectivity index (χ1n) is 7.18. The Morgan fingerprint density at radius 2 is 1.71 bits per heavy atom. The molecule has 0 aromatic rings. The molecule has 0 saturated carbocycles. The fourth-order valence-corrected chi connectivity index (χ4v) is 10.1. The van der Waals surface area contributed by atoms with Crippen LogP contribution in [0.4, 0.5) is 0 Å². The summed E-state index contributed by atoms with van der Waals surface area (Å²) >= 11 is 0. The van der Waals surface area contributed by atoms with Crippen molar-refractivity contribution >= 4 is 15.4 Å². The maximum atomic E-state index is 6.79. The molecule has 0 amide bonds. The van der Waals surface area contributed by atoms with Gasteiger partial charge in [0.05, 0.1) is 13.2 Å². The number of hydrogen-bond donors (Lipinski definition) is 0. The summed E-state index contributed by atoms with van der Waals surface area (Å²) in [6.07, 6.45) is 3.81. The predicted molar refractivity (Wildman–Crippen MR) is 82.6 cm³/mol. The van der Waals surface area contributed by atoms with Crippen molar-refractivity contribution < 1.29 is 4.43 Å². The van der Waals surface area contributed by atoms with E-state index in [0.717, 1.165) is 0 Å². The third kappa shape index (κ3) is 2.71. The summed E-state index contributed by atoms with van der Waals surface area (Å²) < 4.78 is 6.79. The Morgan fingerprint density at radius 1 is 1.18 bits per heavy atom. The molecule has 0 radical (unpaired) electrons. The second-order valence-corrected chi connectivity index (χ2v) is 23.0. The first-order valence-corrected chi connectivity index (χ1v) is 14.3. The first-order chi connectivity index (χ1) is 7.47. The van der Waals surface area contributed by atoms with Crippen LogP contribution >= 0.6 is 0 Å². The van der Waals surface area contributed by atoms with E-state index in [0.29, 0.717) is 5.41 Å². The molecule has 0 aliphatic carbocycles. The number of rotatable bonds is 3. The van der Waals surface area contributed by atoms with Crippen LogP contribution in [0.15, 0.2) is 0 Å². The Labute approximate surface area is 110 Å². The topological polar surface area (TPSA) is 9.23 Å². The average Bonchev–Trinajstić information content (AvgIpc) is 2.12. The van der Waals surface area contributed by atoms with Gasteiger partial charge in [0.2, 0.25) is 0 Å². The Kier molecular flexibility index (Phi) is 4.09. The van der Waals surface area contributed by atoms with Crippen molar-refractivity contribution in [3.05, 3.63) is 0 Å². The molecule has 1 aliphatic heterocycles. The molecule has 1 saturated heterocycles. The largest absolute Gasteiger partial charge is 0.414 e. The van der Waals surface area contributed by atoms with Crippen LogP contribution in [0, 0.1) is 5.41 Å². The molecule has 0 N–H and O–H groups in total. The van der Waals surface area contributed by atoms with Crippen LogP contribution in [0.1, 0.15) is 47.0 Å². The molecular weight excluding hydrogens is 240 g/mol. The summed E-state index contributed by atoms with van der Waals surface area (Å²) in [5.74, 6) is 0. The van der Waals surface area contributed by atoms with Crippen LogP contribution in [0.2, 0.25) is 32.2 Å². The molecule has 0 aromatic carbocycles. The monoisotopic (exact) mass is 272 g/mol. The van der Waals surface area contributed by atoms with Crippen LogP contribution in [-0.2, 0) is 4.43 Å². The zero-order valence-electron chi connectivity index (χ0n) is 13.2. The van der Waals surface area contributed by atoms with E-state index in [4.69, 9.17) is 4.43 Å². The van der Waals surface area contributed by atoms with Gasteiger partial charge in [0, 0.05) is 0 Å². The fraction of sp³-hybridized carbons (Fsp3) is 1.00. The van der Waals surface area contributed by atoms with Gasteiger partial charge in [-0.1, -0.05) is 46.3 Å². The minimum absolute atomic E-state index is 0.112. The average molecular weight is 273 g/mol. The van der Waals surface area contributed by atoms with Gasteiger partial charge in [-0.2, -0.15) is 0 Å². The first kappa shape index (κ1) is 15.5. The lowest BCUT2D eigenvalue weighted by Gasteiger charge is -2.56. The summed E-state index contributed by atoms with van der Waals surface area (Å²) in [5.41, 5.74) is 0.429. The lowest BCUT2D eigenvalue weighted by atomic mass is 9.71. The lowest BCUT2D eigenvalue weighted by Crippen LogP contribution is -2.67. The van der Waals surface area contributed by atoms with E-state index in [9.17, 15) is 0 Å². The highest BCUT2D eigenvalue weighted by Crippen LogP contribution is 2.49. The number of hydrogen-bond acceptors (Lipinski definition) is 1. The molecule has 0 aromatic heterocycles. The molecule has 0 bridgehead atoms. The summed E-state index contributed by atoms with van der Waals surface area (Å²) in [6, 6.07) is 1.45. The molecular formula is C14H32OSi2. The van der Waals surface area contributed by atoms with Crippen molar-refractivity contribution in [2.75, 3.05) is 0 Å². The second kappa shape index (κ2) is 4.50. The Bertz CT molecular complexity index is 284. The molecule has 1 nitrogen and oxygen atoms in total. The Hall–Kier alpha value is 0.394. The van der Waals surface area contributed by atoms with E-state index in [2.05, 4.69) is 53.9 Å². The molecule has 102 valence electrons. The third-order valence-electron chi connectivity index (χ3n) is 5.64. The summed E-state index contributed by atoms with van der Waals surface area (Å²) in [5, 5.41) is 0. The molecule has 3 heteroatoms. The van der Waals surface area contributed by atoms with Crippen LogP contribution in [0.3, 0.4) is 0 Å². The minimum Gasteiger partial charge on any atom is -0.414 e. The predicted octanol–water partition coefficient (Wildman–Crippen LogP) is 4.98. The van der Waals surface area contributed by atoms with Gasteiger partial charge in [-0.05, 0) is 38.3 Å². The molecule has 1 atom stereocenters. The zero-order chi connectivity index (χ0) is 13.5. The molecule has 0 spiro atoms. The molecule has 1 rings (SSSR count). The highest BCUT2D eigenvalue weighted by atomic mass is 29.3. The third-order valence-corrected chi connectivity index (χ3v) is 22.2. The standard InChI is InChI=1S/C14H32OSi2/c1-9-10-13(2,3)14(4)11-12-16(5,6)17(7,8)15-14/h9-12H2,1-8H3. The highest BCUT2D eigenvalue weighted by Gasteiger charge is 2.55. The van der Waals surface area contributed by atoms with Gasteiger partial charge in [-0.25, -0.2) is 0 Å². The van der Waals surface area contributed by atoms with Gasteiger partial charge in [-0.15, -0.1) is 0 Å². The van der Waals surface area contributed by atoms with E-state index in [1.165, 1.54) is 25.3 Å². The highest BCUT2D eigenvalue weighted by molar-refractivity contribution is 7.38. The Balaban J connectivity index is 2.95. The van der Waals surface area contributed by atoms with Gasteiger partial charge in [0.15, 0.2) is 7.83 Å². The summed E-state index contributed by atoms with van der Waals surface area (Å²) in [7, 11) is -2.55. The van der Waals surface area contributed by atoms with Crippen LogP contribution < -0.4 is 0 Å².